The van der Waals surface area contributed by atoms with Crippen molar-refractivity contribution in [2.45, 2.75) is 82.3 Å². The third kappa shape index (κ3) is 3.75. The van der Waals surface area contributed by atoms with Gasteiger partial charge in [0.2, 0.25) is 0 Å². The van der Waals surface area contributed by atoms with Crippen LogP contribution < -0.4 is 5.32 Å². The van der Waals surface area contributed by atoms with Crippen molar-refractivity contribution >= 4 is 6.09 Å². The number of benzene rings is 1. The van der Waals surface area contributed by atoms with Crippen LogP contribution in [-0.2, 0) is 22.3 Å². The number of aryl methyl sites for hydroxylation is 1. The first-order valence-electron chi connectivity index (χ1n) is 10.4. The van der Waals surface area contributed by atoms with Crippen molar-refractivity contribution in [1.82, 2.24) is 5.32 Å². The molecule has 1 aliphatic heterocycles. The van der Waals surface area contributed by atoms with Crippen molar-refractivity contribution in [3.63, 3.8) is 0 Å². The van der Waals surface area contributed by atoms with E-state index in [1.54, 1.807) is 0 Å². The van der Waals surface area contributed by atoms with E-state index in [9.17, 15) is 4.79 Å². The quantitative estimate of drug-likeness (QED) is 0.763. The van der Waals surface area contributed by atoms with Gasteiger partial charge >= 0.3 is 6.09 Å². The number of carbonyl (C=O) groups is 1. The lowest BCUT2D eigenvalue weighted by Gasteiger charge is -2.26. The van der Waals surface area contributed by atoms with Crippen LogP contribution in [0.25, 0.3) is 0 Å². The Morgan fingerprint density at radius 3 is 3.00 bits per heavy atom. The molecular weight excluding hydrogens is 326 g/mol. The summed E-state index contributed by atoms with van der Waals surface area (Å²) >= 11 is 0. The van der Waals surface area contributed by atoms with Crippen LogP contribution in [0.1, 0.15) is 74.5 Å². The molecule has 2 fully saturated rings. The van der Waals surface area contributed by atoms with Crippen LogP contribution in [0.4, 0.5) is 4.79 Å². The fourth-order valence-corrected chi connectivity index (χ4v) is 4.89. The highest BCUT2D eigenvalue weighted by atomic mass is 16.6. The van der Waals surface area contributed by atoms with Crippen LogP contribution in [0.5, 0.6) is 0 Å². The zero-order valence-corrected chi connectivity index (χ0v) is 15.9. The number of carbonyl (C=O) groups excluding carboxylic acids is 1. The van der Waals surface area contributed by atoms with Crippen molar-refractivity contribution in [3.05, 3.63) is 34.9 Å². The molecule has 1 amide bonds. The standard InChI is InChI=1S/C22H31NO3/c1-2-3-4-11-25-20-8-7-16-12-17(5-6-18(16)13-20)19-9-10-22(14-19)15-26-21(24)23-22/h5-6,12,19-20H,2-4,7-11,13-15H2,1H3,(H,23,24)/t19-,20?,22+/m0/s1. The van der Waals surface area contributed by atoms with E-state index in [0.717, 1.165) is 45.1 Å². The molecular formula is C22H31NO3. The third-order valence-electron chi connectivity index (χ3n) is 6.44. The Hall–Kier alpha value is -1.55. The predicted molar refractivity (Wildman–Crippen MR) is 102 cm³/mol. The maximum atomic E-state index is 11.4. The van der Waals surface area contributed by atoms with Gasteiger partial charge in [0.05, 0.1) is 11.6 Å². The second-order valence-electron chi connectivity index (χ2n) is 8.39. The summed E-state index contributed by atoms with van der Waals surface area (Å²) in [5, 5.41) is 3.05. The molecule has 1 saturated heterocycles. The summed E-state index contributed by atoms with van der Waals surface area (Å²) in [7, 11) is 0. The summed E-state index contributed by atoms with van der Waals surface area (Å²) in [4.78, 5) is 11.4. The van der Waals surface area contributed by atoms with Gasteiger partial charge < -0.3 is 14.8 Å². The lowest BCUT2D eigenvalue weighted by atomic mass is 9.85. The van der Waals surface area contributed by atoms with Crippen molar-refractivity contribution in [2.24, 2.45) is 0 Å². The molecule has 1 aromatic rings. The molecule has 1 saturated carbocycles. The Labute approximate surface area is 156 Å². The van der Waals surface area contributed by atoms with Crippen LogP contribution in [0.15, 0.2) is 18.2 Å². The number of nitrogens with one attached hydrogen (secondary N) is 1. The number of amides is 1. The molecule has 4 heteroatoms. The van der Waals surface area contributed by atoms with Crippen molar-refractivity contribution in [3.8, 4) is 0 Å². The van der Waals surface area contributed by atoms with Gasteiger partial charge in [-0.25, -0.2) is 4.79 Å². The monoisotopic (exact) mass is 357 g/mol. The topological polar surface area (TPSA) is 47.6 Å². The highest BCUT2D eigenvalue weighted by molar-refractivity contribution is 5.70. The number of ether oxygens (including phenoxy) is 2. The summed E-state index contributed by atoms with van der Waals surface area (Å²) < 4.78 is 11.3. The number of alkyl carbamates (subject to hydrolysis) is 1. The van der Waals surface area contributed by atoms with E-state index >= 15 is 0 Å². The molecule has 26 heavy (non-hydrogen) atoms. The van der Waals surface area contributed by atoms with Gasteiger partial charge in [0, 0.05) is 6.61 Å². The molecule has 0 bridgehead atoms. The highest BCUT2D eigenvalue weighted by Crippen LogP contribution is 2.43. The number of hydrogen-bond acceptors (Lipinski definition) is 3. The Morgan fingerprint density at radius 2 is 2.19 bits per heavy atom. The second kappa shape index (κ2) is 7.59. The Balaban J connectivity index is 1.36. The molecule has 2 aliphatic carbocycles. The van der Waals surface area contributed by atoms with Gasteiger partial charge in [-0.3, -0.25) is 0 Å². The molecule has 4 rings (SSSR count). The molecule has 1 heterocycles. The summed E-state index contributed by atoms with van der Waals surface area (Å²) in [5.74, 6) is 0.533. The van der Waals surface area contributed by atoms with E-state index in [4.69, 9.17) is 9.47 Å². The van der Waals surface area contributed by atoms with Crippen LogP contribution >= 0.6 is 0 Å². The van der Waals surface area contributed by atoms with Crippen LogP contribution in [0.2, 0.25) is 0 Å². The zero-order chi connectivity index (χ0) is 18.0. The molecule has 0 aromatic heterocycles. The second-order valence-corrected chi connectivity index (χ2v) is 8.39. The molecule has 1 spiro atoms. The van der Waals surface area contributed by atoms with Gasteiger partial charge in [0.15, 0.2) is 0 Å². The van der Waals surface area contributed by atoms with Crippen LogP contribution in [0.3, 0.4) is 0 Å². The Kier molecular flexibility index (Phi) is 5.21. The minimum absolute atomic E-state index is 0.116. The molecule has 0 radical (unpaired) electrons. The summed E-state index contributed by atoms with van der Waals surface area (Å²) in [5.41, 5.74) is 4.29. The van der Waals surface area contributed by atoms with Gasteiger partial charge in [-0.2, -0.15) is 0 Å². The smallest absolute Gasteiger partial charge is 0.407 e. The highest BCUT2D eigenvalue weighted by Gasteiger charge is 2.46. The number of rotatable bonds is 6. The molecule has 1 aromatic carbocycles. The minimum Gasteiger partial charge on any atom is -0.447 e. The molecule has 4 nitrogen and oxygen atoms in total. The van der Waals surface area contributed by atoms with Gasteiger partial charge in [0.1, 0.15) is 6.61 Å². The van der Waals surface area contributed by atoms with Crippen molar-refractivity contribution in [2.75, 3.05) is 13.2 Å². The molecule has 1 unspecified atom stereocenters. The zero-order valence-electron chi connectivity index (χ0n) is 15.9. The average Bonchev–Trinajstić information content (AvgIpc) is 3.24. The predicted octanol–water partition coefficient (Wildman–Crippen LogP) is 4.50. The van der Waals surface area contributed by atoms with Gasteiger partial charge in [-0.1, -0.05) is 38.0 Å². The van der Waals surface area contributed by atoms with Crippen LogP contribution in [-0.4, -0.2) is 30.9 Å². The van der Waals surface area contributed by atoms with Crippen molar-refractivity contribution < 1.29 is 14.3 Å². The van der Waals surface area contributed by atoms with Gasteiger partial charge in [-0.05, 0) is 67.6 Å². The Bertz CT molecular complexity index is 659. The number of cyclic esters (lactones) is 1. The van der Waals surface area contributed by atoms with E-state index in [2.05, 4.69) is 30.4 Å². The molecule has 3 atom stereocenters. The number of hydrogen-bond donors (Lipinski definition) is 1. The van der Waals surface area contributed by atoms with E-state index in [0.29, 0.717) is 18.6 Å². The third-order valence-corrected chi connectivity index (χ3v) is 6.44. The molecule has 142 valence electrons. The van der Waals surface area contributed by atoms with E-state index in [1.165, 1.54) is 36.0 Å². The molecule has 3 aliphatic rings. The fourth-order valence-electron chi connectivity index (χ4n) is 4.89. The summed E-state index contributed by atoms with van der Waals surface area (Å²) in [6.07, 6.45) is 10.3. The maximum absolute atomic E-state index is 11.4. The number of unbranched alkanes of at least 4 members (excludes halogenated alkanes) is 2. The Morgan fingerprint density at radius 1 is 1.27 bits per heavy atom. The lowest BCUT2D eigenvalue weighted by molar-refractivity contribution is 0.0419. The first-order chi connectivity index (χ1) is 12.7. The summed E-state index contributed by atoms with van der Waals surface area (Å²) in [6.45, 7) is 3.67. The number of fused-ring (bicyclic) bond motifs is 1. The van der Waals surface area contributed by atoms with Gasteiger partial charge in [0.25, 0.3) is 0 Å². The van der Waals surface area contributed by atoms with E-state index < -0.39 is 0 Å². The SMILES string of the molecule is CCCCCOC1CCc2cc([C@H]3CC[C@]4(COC(=O)N4)C3)ccc2C1. The van der Waals surface area contributed by atoms with E-state index in [1.807, 2.05) is 0 Å². The molecule has 1 N–H and O–H groups in total. The lowest BCUT2D eigenvalue weighted by Crippen LogP contribution is -2.40. The average molecular weight is 357 g/mol. The largest absolute Gasteiger partial charge is 0.447 e. The normalized spacial score (nSPS) is 30.3. The van der Waals surface area contributed by atoms with Crippen molar-refractivity contribution in [1.29, 1.82) is 0 Å². The maximum Gasteiger partial charge on any atom is 0.407 e. The van der Waals surface area contributed by atoms with Crippen LogP contribution in [0, 0.1) is 0 Å². The minimum atomic E-state index is -0.249. The first kappa shape index (κ1) is 17.8. The first-order valence-corrected chi connectivity index (χ1v) is 10.4. The summed E-state index contributed by atoms with van der Waals surface area (Å²) in [6, 6.07) is 7.05. The van der Waals surface area contributed by atoms with E-state index in [-0.39, 0.29) is 11.6 Å². The van der Waals surface area contributed by atoms with Gasteiger partial charge in [-0.15, -0.1) is 0 Å². The fraction of sp³-hybridized carbons (Fsp3) is 0.682.